The van der Waals surface area contributed by atoms with Crippen LogP contribution in [0.1, 0.15) is 24.2 Å². The van der Waals surface area contributed by atoms with Gasteiger partial charge in [-0.25, -0.2) is 0 Å². The third-order valence-corrected chi connectivity index (χ3v) is 4.80. The highest BCUT2D eigenvalue weighted by Crippen LogP contribution is 2.29. The van der Waals surface area contributed by atoms with Gasteiger partial charge >= 0.3 is 5.97 Å². The number of carbonyl (C=O) groups is 1. The number of benzene rings is 2. The molecule has 0 heterocycles. The number of rotatable bonds is 9. The summed E-state index contributed by atoms with van der Waals surface area (Å²) in [6, 6.07) is 9.53. The van der Waals surface area contributed by atoms with Gasteiger partial charge < -0.3 is 26.0 Å². The molecule has 2 rings (SSSR count). The standard InChI is InChI=1S/C19H22Cl2N2O4/c1-11(19(27)12-2-4-14(24)5-3-12)22-7-6-13-8-16(21)17(9-15(13)20)23-10-18(25)26/h2-5,8-9,11,19,22-24,27H,6-7,10H2,1H3,(H,25,26)/t11-,19+/m0/s1. The molecule has 0 aliphatic carbocycles. The first kappa shape index (κ1) is 21.3. The van der Waals surface area contributed by atoms with Crippen molar-refractivity contribution in [3.05, 3.63) is 57.6 Å². The van der Waals surface area contributed by atoms with E-state index in [1.54, 1.807) is 24.3 Å². The Morgan fingerprint density at radius 1 is 1.15 bits per heavy atom. The lowest BCUT2D eigenvalue weighted by atomic mass is 10.0. The van der Waals surface area contributed by atoms with Gasteiger partial charge in [0.25, 0.3) is 0 Å². The van der Waals surface area contributed by atoms with Crippen LogP contribution in [-0.4, -0.2) is 40.4 Å². The predicted octanol–water partition coefficient (Wildman–Crippen LogP) is 3.45. The molecule has 146 valence electrons. The molecule has 0 aliphatic rings. The van der Waals surface area contributed by atoms with Crippen LogP contribution in [0, 0.1) is 0 Å². The first-order valence-corrected chi connectivity index (χ1v) is 9.17. The van der Waals surface area contributed by atoms with Crippen molar-refractivity contribution in [3.8, 4) is 5.75 Å². The molecule has 0 radical (unpaired) electrons. The molecule has 2 atom stereocenters. The summed E-state index contributed by atoms with van der Waals surface area (Å²) < 4.78 is 0. The Hall–Kier alpha value is -1.99. The summed E-state index contributed by atoms with van der Waals surface area (Å²) in [5, 5.41) is 35.2. The van der Waals surface area contributed by atoms with Crippen LogP contribution in [-0.2, 0) is 11.2 Å². The van der Waals surface area contributed by atoms with Crippen LogP contribution >= 0.6 is 23.2 Å². The number of anilines is 1. The molecule has 0 unspecified atom stereocenters. The fraction of sp³-hybridized carbons (Fsp3) is 0.316. The van der Waals surface area contributed by atoms with E-state index in [4.69, 9.17) is 28.3 Å². The van der Waals surface area contributed by atoms with E-state index in [1.165, 1.54) is 12.1 Å². The molecule has 27 heavy (non-hydrogen) atoms. The summed E-state index contributed by atoms with van der Waals surface area (Å²) in [4.78, 5) is 10.6. The zero-order chi connectivity index (χ0) is 20.0. The van der Waals surface area contributed by atoms with Crippen molar-refractivity contribution >= 4 is 34.9 Å². The predicted molar refractivity (Wildman–Crippen MR) is 107 cm³/mol. The SMILES string of the molecule is C[C@H](NCCc1cc(Cl)c(NCC(=O)O)cc1Cl)[C@@H](O)c1ccc(O)cc1. The van der Waals surface area contributed by atoms with Gasteiger partial charge in [0, 0.05) is 11.1 Å². The number of hydrogen-bond donors (Lipinski definition) is 5. The van der Waals surface area contributed by atoms with Crippen molar-refractivity contribution in [2.45, 2.75) is 25.5 Å². The van der Waals surface area contributed by atoms with Gasteiger partial charge in [-0.2, -0.15) is 0 Å². The maximum Gasteiger partial charge on any atom is 0.322 e. The number of nitrogens with one attached hydrogen (secondary N) is 2. The highest BCUT2D eigenvalue weighted by Gasteiger charge is 2.16. The topological polar surface area (TPSA) is 102 Å². The molecule has 8 heteroatoms. The highest BCUT2D eigenvalue weighted by molar-refractivity contribution is 6.35. The Morgan fingerprint density at radius 2 is 1.81 bits per heavy atom. The molecule has 0 aromatic heterocycles. The molecule has 0 spiro atoms. The van der Waals surface area contributed by atoms with Gasteiger partial charge in [0.1, 0.15) is 12.3 Å². The molecule has 2 aromatic rings. The van der Waals surface area contributed by atoms with E-state index in [0.29, 0.717) is 34.3 Å². The zero-order valence-electron chi connectivity index (χ0n) is 14.7. The summed E-state index contributed by atoms with van der Waals surface area (Å²) in [6.45, 7) is 2.18. The molecule has 0 saturated heterocycles. The minimum atomic E-state index is -0.989. The van der Waals surface area contributed by atoms with Crippen molar-refractivity contribution < 1.29 is 20.1 Å². The van der Waals surface area contributed by atoms with Crippen LogP contribution in [0.15, 0.2) is 36.4 Å². The van der Waals surface area contributed by atoms with E-state index < -0.39 is 12.1 Å². The highest BCUT2D eigenvalue weighted by atomic mass is 35.5. The fourth-order valence-corrected chi connectivity index (χ4v) is 3.10. The van der Waals surface area contributed by atoms with E-state index in [0.717, 1.165) is 5.56 Å². The minimum Gasteiger partial charge on any atom is -0.508 e. The van der Waals surface area contributed by atoms with Gasteiger partial charge in [-0.05, 0) is 55.3 Å². The number of halogens is 2. The maximum absolute atomic E-state index is 10.6. The van der Waals surface area contributed by atoms with E-state index in [-0.39, 0.29) is 18.3 Å². The lowest BCUT2D eigenvalue weighted by molar-refractivity contribution is -0.134. The van der Waals surface area contributed by atoms with Crippen LogP contribution in [0.2, 0.25) is 10.0 Å². The second kappa shape index (κ2) is 9.80. The van der Waals surface area contributed by atoms with Gasteiger partial charge in [-0.1, -0.05) is 35.3 Å². The normalized spacial score (nSPS) is 13.2. The number of phenolic OH excluding ortho intramolecular Hbond substituents is 1. The molecule has 0 bridgehead atoms. The fourth-order valence-electron chi connectivity index (χ4n) is 2.59. The molecular formula is C19H22Cl2N2O4. The molecule has 0 saturated carbocycles. The number of aliphatic hydroxyl groups is 1. The van der Waals surface area contributed by atoms with E-state index in [1.807, 2.05) is 6.92 Å². The van der Waals surface area contributed by atoms with Crippen LogP contribution in [0.3, 0.4) is 0 Å². The Kier molecular flexibility index (Phi) is 7.74. The summed E-state index contributed by atoms with van der Waals surface area (Å²) in [5.74, 6) is -0.837. The molecule has 5 N–H and O–H groups in total. The molecular weight excluding hydrogens is 391 g/mol. The van der Waals surface area contributed by atoms with Crippen molar-refractivity contribution in [1.29, 1.82) is 0 Å². The van der Waals surface area contributed by atoms with E-state index >= 15 is 0 Å². The van der Waals surface area contributed by atoms with Gasteiger partial charge in [0.05, 0.1) is 16.8 Å². The second-order valence-electron chi connectivity index (χ2n) is 6.20. The van der Waals surface area contributed by atoms with Crippen molar-refractivity contribution in [3.63, 3.8) is 0 Å². The molecule has 0 fully saturated rings. The number of aliphatic carboxylic acids is 1. The monoisotopic (exact) mass is 412 g/mol. The van der Waals surface area contributed by atoms with Gasteiger partial charge in [0.2, 0.25) is 0 Å². The average molecular weight is 413 g/mol. The first-order valence-electron chi connectivity index (χ1n) is 8.42. The number of hydrogen-bond acceptors (Lipinski definition) is 5. The molecule has 2 aromatic carbocycles. The third kappa shape index (κ3) is 6.29. The Bertz CT molecular complexity index is 784. The van der Waals surface area contributed by atoms with Gasteiger partial charge in [-0.15, -0.1) is 0 Å². The van der Waals surface area contributed by atoms with Crippen LogP contribution in [0.4, 0.5) is 5.69 Å². The largest absolute Gasteiger partial charge is 0.508 e. The van der Waals surface area contributed by atoms with Crippen molar-refractivity contribution in [2.24, 2.45) is 0 Å². The number of aromatic hydroxyl groups is 1. The molecule has 0 aliphatic heterocycles. The maximum atomic E-state index is 10.6. The van der Waals surface area contributed by atoms with Crippen molar-refractivity contribution in [2.75, 3.05) is 18.4 Å². The summed E-state index contributed by atoms with van der Waals surface area (Å²) in [6.07, 6.45) is -0.128. The smallest absolute Gasteiger partial charge is 0.322 e. The van der Waals surface area contributed by atoms with E-state index in [9.17, 15) is 15.0 Å². The van der Waals surface area contributed by atoms with Crippen molar-refractivity contribution in [1.82, 2.24) is 5.32 Å². The quantitative estimate of drug-likeness (QED) is 0.432. The summed E-state index contributed by atoms with van der Waals surface area (Å²) in [5.41, 5.74) is 2.00. The third-order valence-electron chi connectivity index (χ3n) is 4.14. The van der Waals surface area contributed by atoms with Gasteiger partial charge in [-0.3, -0.25) is 4.79 Å². The number of aliphatic hydroxyl groups excluding tert-OH is 1. The van der Waals surface area contributed by atoms with Gasteiger partial charge in [0.15, 0.2) is 0 Å². The van der Waals surface area contributed by atoms with Crippen LogP contribution < -0.4 is 10.6 Å². The zero-order valence-corrected chi connectivity index (χ0v) is 16.3. The molecule has 0 amide bonds. The van der Waals surface area contributed by atoms with Crippen LogP contribution in [0.5, 0.6) is 5.75 Å². The molecule has 6 nitrogen and oxygen atoms in total. The lowest BCUT2D eigenvalue weighted by Crippen LogP contribution is -2.33. The summed E-state index contributed by atoms with van der Waals surface area (Å²) in [7, 11) is 0. The lowest BCUT2D eigenvalue weighted by Gasteiger charge is -2.21. The average Bonchev–Trinajstić information content (AvgIpc) is 2.62. The number of carboxylic acid groups (broad SMARTS) is 1. The first-order chi connectivity index (χ1) is 12.8. The van der Waals surface area contributed by atoms with Crippen LogP contribution in [0.25, 0.3) is 0 Å². The number of carboxylic acids is 1. The Morgan fingerprint density at radius 3 is 2.44 bits per heavy atom. The number of phenols is 1. The minimum absolute atomic E-state index is 0.152. The second-order valence-corrected chi connectivity index (χ2v) is 7.01. The summed E-state index contributed by atoms with van der Waals surface area (Å²) >= 11 is 12.4. The Labute approximate surface area is 167 Å². The Balaban J connectivity index is 1.91. The van der Waals surface area contributed by atoms with E-state index in [2.05, 4.69) is 10.6 Å².